The van der Waals surface area contributed by atoms with Crippen LogP contribution in [-0.4, -0.2) is 76.4 Å². The van der Waals surface area contributed by atoms with Crippen LogP contribution in [-0.2, 0) is 19.2 Å². The molecule has 10 nitrogen and oxygen atoms in total. The molecule has 1 saturated carbocycles. The highest BCUT2D eigenvalue weighted by Crippen LogP contribution is 2.43. The summed E-state index contributed by atoms with van der Waals surface area (Å²) in [6.07, 6.45) is 1.22. The predicted octanol–water partition coefficient (Wildman–Crippen LogP) is 4.41. The number of rotatable bonds is 13. The van der Waals surface area contributed by atoms with Crippen molar-refractivity contribution < 1.29 is 32.8 Å². The fourth-order valence-corrected chi connectivity index (χ4v) is 6.74. The lowest BCUT2D eigenvalue weighted by Crippen LogP contribution is -2.60. The zero-order valence-corrected chi connectivity index (χ0v) is 27.9. The van der Waals surface area contributed by atoms with Crippen molar-refractivity contribution in [3.8, 4) is 0 Å². The van der Waals surface area contributed by atoms with E-state index < -0.39 is 65.8 Å². The Morgan fingerprint density at radius 2 is 1.72 bits per heavy atom. The van der Waals surface area contributed by atoms with Gasteiger partial charge in [-0.1, -0.05) is 52.3 Å². The molecular formula is C35H47F2N5O5. The van der Waals surface area contributed by atoms with E-state index in [1.807, 2.05) is 33.8 Å². The molecule has 256 valence electrons. The molecule has 4 rings (SSSR count). The fourth-order valence-electron chi connectivity index (χ4n) is 6.74. The molecule has 0 spiro atoms. The average molecular weight is 656 g/mol. The first-order valence-corrected chi connectivity index (χ1v) is 16.6. The quantitative estimate of drug-likeness (QED) is 0.274. The van der Waals surface area contributed by atoms with Crippen molar-refractivity contribution in [3.05, 3.63) is 42.1 Å². The number of halogens is 2. The van der Waals surface area contributed by atoms with Gasteiger partial charge in [-0.2, -0.15) is 0 Å². The largest absolute Gasteiger partial charge is 0.347 e. The third kappa shape index (κ3) is 8.50. The summed E-state index contributed by atoms with van der Waals surface area (Å²) >= 11 is 0. The van der Waals surface area contributed by atoms with Crippen LogP contribution in [0.2, 0.25) is 0 Å². The SMILES string of the molecule is CC[C@H](C)NC(=O)C(=O)C(CCCC(F)F)NC(=O)[C@@H]1[C@H]2CCC[C@H]2CN1C(=O)[C@@H](NC(=O)c1ccnc2ccccc12)C(C)(C)C. The van der Waals surface area contributed by atoms with Crippen LogP contribution < -0.4 is 16.0 Å². The van der Waals surface area contributed by atoms with E-state index in [2.05, 4.69) is 20.9 Å². The summed E-state index contributed by atoms with van der Waals surface area (Å²) in [5.41, 5.74) is 0.264. The standard InChI is InChI=1S/C35H47F2N5O5/c1-6-20(2)39-33(46)29(43)26(15-10-16-27(36)37)40-32(45)28-22-13-9-11-21(22)19-42(28)34(47)30(35(3,4)5)41-31(44)24-17-18-38-25-14-8-7-12-23(24)25/h7-8,12,14,17-18,20-22,26-28,30H,6,9-11,13,15-16,19H2,1-5H3,(H,39,46)(H,40,45)(H,41,44)/t20-,21-,22-,26?,28-,30+/m0/s1. The molecule has 3 N–H and O–H groups in total. The average Bonchev–Trinajstić information content (AvgIpc) is 3.63. The minimum Gasteiger partial charge on any atom is -0.347 e. The Kier molecular flexibility index (Phi) is 11.7. The Morgan fingerprint density at radius 1 is 1.00 bits per heavy atom. The molecule has 0 radical (unpaired) electrons. The molecule has 1 aliphatic heterocycles. The molecule has 1 aromatic carbocycles. The van der Waals surface area contributed by atoms with Crippen molar-refractivity contribution in [2.24, 2.45) is 17.3 Å². The van der Waals surface area contributed by atoms with Crippen molar-refractivity contribution in [1.82, 2.24) is 25.8 Å². The smallest absolute Gasteiger partial charge is 0.289 e. The van der Waals surface area contributed by atoms with Gasteiger partial charge in [-0.25, -0.2) is 8.78 Å². The highest BCUT2D eigenvalue weighted by molar-refractivity contribution is 6.38. The number of nitrogens with zero attached hydrogens (tertiary/aromatic N) is 2. The Bertz CT molecular complexity index is 1470. The van der Waals surface area contributed by atoms with Crippen LogP contribution in [0.4, 0.5) is 8.78 Å². The van der Waals surface area contributed by atoms with E-state index in [4.69, 9.17) is 0 Å². The summed E-state index contributed by atoms with van der Waals surface area (Å²) in [6.45, 7) is 9.38. The summed E-state index contributed by atoms with van der Waals surface area (Å²) in [4.78, 5) is 73.9. The lowest BCUT2D eigenvalue weighted by atomic mass is 9.85. The summed E-state index contributed by atoms with van der Waals surface area (Å²) in [6, 6.07) is 5.26. The Morgan fingerprint density at radius 3 is 2.40 bits per heavy atom. The Labute approximate surface area is 274 Å². The number of ketones is 1. The molecule has 12 heteroatoms. The molecule has 2 aromatic rings. The number of benzene rings is 1. The number of likely N-dealkylation sites (tertiary alicyclic amines) is 1. The zero-order chi connectivity index (χ0) is 34.5. The molecule has 0 bridgehead atoms. The normalized spacial score (nSPS) is 21.2. The number of aromatic nitrogens is 1. The van der Waals surface area contributed by atoms with Gasteiger partial charge in [0.2, 0.25) is 24.0 Å². The molecular weight excluding hydrogens is 608 g/mol. The number of para-hydroxylation sites is 1. The van der Waals surface area contributed by atoms with Gasteiger partial charge >= 0.3 is 0 Å². The second-order valence-corrected chi connectivity index (χ2v) is 14.0. The second-order valence-electron chi connectivity index (χ2n) is 14.0. The van der Waals surface area contributed by atoms with Crippen LogP contribution in [0.1, 0.15) is 89.9 Å². The maximum absolute atomic E-state index is 14.4. The molecule has 1 saturated heterocycles. The number of fused-ring (bicyclic) bond motifs is 2. The van der Waals surface area contributed by atoms with Gasteiger partial charge in [0.05, 0.1) is 17.1 Å². The van der Waals surface area contributed by atoms with Gasteiger partial charge in [0.25, 0.3) is 11.8 Å². The minimum atomic E-state index is -2.59. The first-order valence-electron chi connectivity index (χ1n) is 16.6. The van der Waals surface area contributed by atoms with Crippen molar-refractivity contribution in [3.63, 3.8) is 0 Å². The lowest BCUT2D eigenvalue weighted by Gasteiger charge is -2.36. The number of hydrogen-bond donors (Lipinski definition) is 3. The molecule has 1 aliphatic carbocycles. The number of nitrogens with one attached hydrogen (secondary N) is 3. The number of carbonyl (C=O) groups is 5. The highest BCUT2D eigenvalue weighted by atomic mass is 19.3. The van der Waals surface area contributed by atoms with Crippen LogP contribution in [0.3, 0.4) is 0 Å². The molecule has 2 fully saturated rings. The van der Waals surface area contributed by atoms with Crippen LogP contribution in [0.15, 0.2) is 36.5 Å². The molecule has 4 amide bonds. The van der Waals surface area contributed by atoms with Crippen molar-refractivity contribution in [2.45, 2.75) is 110 Å². The number of pyridine rings is 1. The summed E-state index contributed by atoms with van der Waals surface area (Å²) in [5, 5.41) is 8.85. The molecule has 47 heavy (non-hydrogen) atoms. The molecule has 1 unspecified atom stereocenters. The van der Waals surface area contributed by atoms with E-state index in [9.17, 15) is 32.8 Å². The zero-order valence-electron chi connectivity index (χ0n) is 27.9. The van der Waals surface area contributed by atoms with E-state index in [1.54, 1.807) is 31.2 Å². The Balaban J connectivity index is 1.59. The van der Waals surface area contributed by atoms with Crippen LogP contribution in [0.25, 0.3) is 10.9 Å². The number of carbonyl (C=O) groups excluding carboxylic acids is 5. The topological polar surface area (TPSA) is 138 Å². The maximum Gasteiger partial charge on any atom is 0.289 e. The molecule has 2 heterocycles. The van der Waals surface area contributed by atoms with Crippen LogP contribution >= 0.6 is 0 Å². The maximum atomic E-state index is 14.4. The first kappa shape index (κ1) is 35.9. The summed E-state index contributed by atoms with van der Waals surface area (Å²) < 4.78 is 26.0. The molecule has 2 aliphatic rings. The van der Waals surface area contributed by atoms with Gasteiger partial charge in [0.1, 0.15) is 12.1 Å². The third-order valence-corrected chi connectivity index (χ3v) is 9.49. The first-order chi connectivity index (χ1) is 22.2. The summed E-state index contributed by atoms with van der Waals surface area (Å²) in [7, 11) is 0. The van der Waals surface area contributed by atoms with E-state index in [-0.39, 0.29) is 30.7 Å². The van der Waals surface area contributed by atoms with Gasteiger partial charge in [-0.05, 0) is 68.4 Å². The van der Waals surface area contributed by atoms with Crippen LogP contribution in [0.5, 0.6) is 0 Å². The summed E-state index contributed by atoms with van der Waals surface area (Å²) in [5.74, 6) is -3.39. The highest BCUT2D eigenvalue weighted by Gasteiger charge is 2.52. The monoisotopic (exact) mass is 655 g/mol. The van der Waals surface area contributed by atoms with Crippen molar-refractivity contribution >= 4 is 40.3 Å². The molecule has 1 aromatic heterocycles. The number of alkyl halides is 2. The number of hydrogen-bond acceptors (Lipinski definition) is 6. The van der Waals surface area contributed by atoms with Crippen molar-refractivity contribution in [2.75, 3.05) is 6.54 Å². The Hall–Kier alpha value is -3.96. The number of amides is 4. The van der Waals surface area contributed by atoms with E-state index >= 15 is 0 Å². The lowest BCUT2D eigenvalue weighted by molar-refractivity contribution is -0.144. The van der Waals surface area contributed by atoms with E-state index in [0.717, 1.165) is 12.8 Å². The molecule has 6 atom stereocenters. The van der Waals surface area contributed by atoms with Gasteiger partial charge in [-0.3, -0.25) is 29.0 Å². The minimum absolute atomic E-state index is 0.0526. The van der Waals surface area contributed by atoms with Crippen LogP contribution in [0, 0.1) is 17.3 Å². The van der Waals surface area contributed by atoms with Gasteiger partial charge in [0.15, 0.2) is 0 Å². The van der Waals surface area contributed by atoms with E-state index in [1.165, 1.54) is 11.1 Å². The van der Waals surface area contributed by atoms with Gasteiger partial charge in [0, 0.05) is 30.6 Å². The fraction of sp³-hybridized carbons (Fsp3) is 0.600. The third-order valence-electron chi connectivity index (χ3n) is 9.49. The van der Waals surface area contributed by atoms with Crippen molar-refractivity contribution in [1.29, 1.82) is 0 Å². The second kappa shape index (κ2) is 15.3. The number of Topliss-reactive ketones (excluding diaryl/α,β-unsaturated/α-hetero) is 1. The van der Waals surface area contributed by atoms with Gasteiger partial charge < -0.3 is 20.9 Å². The van der Waals surface area contributed by atoms with Gasteiger partial charge in [-0.15, -0.1) is 0 Å². The predicted molar refractivity (Wildman–Crippen MR) is 173 cm³/mol. The van der Waals surface area contributed by atoms with E-state index in [0.29, 0.717) is 35.9 Å².